The molecule has 1 fully saturated rings. The van der Waals surface area contributed by atoms with E-state index in [1.807, 2.05) is 29.5 Å². The summed E-state index contributed by atoms with van der Waals surface area (Å²) in [5.41, 5.74) is 2.32. The van der Waals surface area contributed by atoms with Gasteiger partial charge in [0.15, 0.2) is 5.96 Å². The van der Waals surface area contributed by atoms with Crippen molar-refractivity contribution in [2.24, 2.45) is 12.0 Å². The lowest BCUT2D eigenvalue weighted by atomic mass is 10.1. The van der Waals surface area contributed by atoms with Gasteiger partial charge in [0, 0.05) is 64.4 Å². The van der Waals surface area contributed by atoms with Gasteiger partial charge in [-0.05, 0) is 23.4 Å². The number of thiophene rings is 1. The van der Waals surface area contributed by atoms with Crippen molar-refractivity contribution in [2.45, 2.75) is 13.0 Å². The maximum atomic E-state index is 12.6. The summed E-state index contributed by atoms with van der Waals surface area (Å²) in [5, 5.41) is 9.79. The lowest BCUT2D eigenvalue weighted by Crippen LogP contribution is -2.56. The summed E-state index contributed by atoms with van der Waals surface area (Å²) in [6, 6.07) is 2.24. The lowest BCUT2D eigenvalue weighted by molar-refractivity contribution is -0.120. The molecule has 1 saturated heterocycles. The molecule has 1 N–H and O–H groups in total. The number of nitrogens with one attached hydrogen (secondary N) is 1. The van der Waals surface area contributed by atoms with Gasteiger partial charge in [0.05, 0.1) is 11.9 Å². The van der Waals surface area contributed by atoms with E-state index in [2.05, 4.69) is 31.8 Å². The Balaban J connectivity index is 1.26. The van der Waals surface area contributed by atoms with E-state index in [0.29, 0.717) is 13.1 Å². The van der Waals surface area contributed by atoms with Gasteiger partial charge < -0.3 is 15.1 Å². The van der Waals surface area contributed by atoms with Crippen molar-refractivity contribution < 1.29 is 4.79 Å². The molecule has 0 atom stereocenters. The number of fused-ring (bicyclic) bond motifs is 1. The van der Waals surface area contributed by atoms with Gasteiger partial charge in [-0.3, -0.25) is 19.4 Å². The molecular weight excluding hydrogens is 374 g/mol. The Labute approximate surface area is 169 Å². The number of aryl methyl sites for hydroxylation is 1. The van der Waals surface area contributed by atoms with Crippen LogP contribution in [0.5, 0.6) is 0 Å². The van der Waals surface area contributed by atoms with E-state index in [9.17, 15) is 4.79 Å². The average molecular weight is 402 g/mol. The number of anilines is 1. The molecule has 1 amide bonds. The van der Waals surface area contributed by atoms with E-state index in [1.165, 1.54) is 10.4 Å². The van der Waals surface area contributed by atoms with Crippen LogP contribution in [0.1, 0.15) is 10.4 Å². The standard InChI is InChI=1S/C19H27N7OS/c1-20-19(21-5-7-24-6-3-17-15(12-24)4-10-28-17)25-8-9-26(18(27)14-25)16-11-22-23(2)13-16/h4,10-11,13H,3,5-9,12,14H2,1-2H3,(H,20,21). The third kappa shape index (κ3) is 4.05. The molecule has 8 nitrogen and oxygen atoms in total. The molecule has 0 spiro atoms. The summed E-state index contributed by atoms with van der Waals surface area (Å²) < 4.78 is 1.72. The Morgan fingerprint density at radius 1 is 1.32 bits per heavy atom. The molecule has 28 heavy (non-hydrogen) atoms. The van der Waals surface area contributed by atoms with Gasteiger partial charge >= 0.3 is 0 Å². The molecule has 0 unspecified atom stereocenters. The van der Waals surface area contributed by atoms with E-state index < -0.39 is 0 Å². The van der Waals surface area contributed by atoms with Gasteiger partial charge in [0.2, 0.25) is 5.91 Å². The van der Waals surface area contributed by atoms with Crippen molar-refractivity contribution in [3.63, 3.8) is 0 Å². The number of hydrogen-bond acceptors (Lipinski definition) is 5. The lowest BCUT2D eigenvalue weighted by Gasteiger charge is -2.35. The summed E-state index contributed by atoms with van der Waals surface area (Å²) in [6.07, 6.45) is 4.75. The van der Waals surface area contributed by atoms with Gasteiger partial charge in [-0.15, -0.1) is 11.3 Å². The maximum absolute atomic E-state index is 12.6. The molecule has 2 aliphatic heterocycles. The number of amides is 1. The molecule has 4 rings (SSSR count). The predicted molar refractivity (Wildman–Crippen MR) is 112 cm³/mol. The molecule has 2 aliphatic rings. The molecule has 0 radical (unpaired) electrons. The van der Waals surface area contributed by atoms with Gasteiger partial charge in [0.25, 0.3) is 0 Å². The summed E-state index contributed by atoms with van der Waals surface area (Å²) in [5.74, 6) is 0.871. The van der Waals surface area contributed by atoms with Crippen molar-refractivity contribution in [3.8, 4) is 0 Å². The van der Waals surface area contributed by atoms with Crippen LogP contribution in [-0.4, -0.2) is 77.8 Å². The SMILES string of the molecule is CN=C(NCCN1CCc2sccc2C1)N1CCN(c2cnn(C)c2)C(=O)C1. The van der Waals surface area contributed by atoms with E-state index in [4.69, 9.17) is 0 Å². The Kier molecular flexibility index (Phi) is 5.63. The van der Waals surface area contributed by atoms with Crippen molar-refractivity contribution in [2.75, 3.05) is 51.2 Å². The number of rotatable bonds is 4. The number of carbonyl (C=O) groups is 1. The molecule has 2 aromatic rings. The highest BCUT2D eigenvalue weighted by atomic mass is 32.1. The fraction of sp³-hybridized carbons (Fsp3) is 0.526. The fourth-order valence-electron chi connectivity index (χ4n) is 3.83. The van der Waals surface area contributed by atoms with E-state index in [-0.39, 0.29) is 5.91 Å². The van der Waals surface area contributed by atoms with E-state index >= 15 is 0 Å². The van der Waals surface area contributed by atoms with Crippen LogP contribution < -0.4 is 10.2 Å². The van der Waals surface area contributed by atoms with Crippen LogP contribution in [0.25, 0.3) is 0 Å². The zero-order chi connectivity index (χ0) is 19.5. The largest absolute Gasteiger partial charge is 0.355 e. The second kappa shape index (κ2) is 8.32. The second-order valence-corrected chi connectivity index (χ2v) is 8.21. The van der Waals surface area contributed by atoms with Crippen LogP contribution in [0.3, 0.4) is 0 Å². The molecular formula is C19H27N7OS. The number of carbonyl (C=O) groups excluding carboxylic acids is 1. The van der Waals surface area contributed by atoms with Crippen molar-refractivity contribution in [1.82, 2.24) is 24.9 Å². The molecule has 0 aliphatic carbocycles. The molecule has 0 aromatic carbocycles. The normalized spacial score (nSPS) is 18.5. The molecule has 2 aromatic heterocycles. The number of hydrogen-bond donors (Lipinski definition) is 1. The maximum Gasteiger partial charge on any atom is 0.246 e. The highest BCUT2D eigenvalue weighted by Crippen LogP contribution is 2.23. The monoisotopic (exact) mass is 401 g/mol. The molecule has 4 heterocycles. The van der Waals surface area contributed by atoms with Crippen molar-refractivity contribution in [1.29, 1.82) is 0 Å². The number of aliphatic imine (C=N–C) groups is 1. The minimum atomic E-state index is 0.0724. The first-order chi connectivity index (χ1) is 13.6. The van der Waals surface area contributed by atoms with Gasteiger partial charge in [-0.25, -0.2) is 0 Å². The fourth-order valence-corrected chi connectivity index (χ4v) is 4.72. The van der Waals surface area contributed by atoms with Crippen LogP contribution in [0.4, 0.5) is 5.69 Å². The molecule has 150 valence electrons. The second-order valence-electron chi connectivity index (χ2n) is 7.21. The number of guanidine groups is 1. The number of nitrogens with zero attached hydrogens (tertiary/aromatic N) is 6. The Morgan fingerprint density at radius 3 is 2.96 bits per heavy atom. The highest BCUT2D eigenvalue weighted by Gasteiger charge is 2.27. The Hall–Kier alpha value is -2.39. The minimum absolute atomic E-state index is 0.0724. The topological polar surface area (TPSA) is 69.0 Å². The first kappa shape index (κ1) is 18.9. The highest BCUT2D eigenvalue weighted by molar-refractivity contribution is 7.10. The summed E-state index contributed by atoms with van der Waals surface area (Å²) in [7, 11) is 3.64. The van der Waals surface area contributed by atoms with Gasteiger partial charge in [-0.2, -0.15) is 5.10 Å². The molecule has 0 saturated carbocycles. The third-order valence-electron chi connectivity index (χ3n) is 5.33. The van der Waals surface area contributed by atoms with Crippen LogP contribution in [0, 0.1) is 0 Å². The first-order valence-electron chi connectivity index (χ1n) is 9.66. The zero-order valence-corrected chi connectivity index (χ0v) is 17.3. The summed E-state index contributed by atoms with van der Waals surface area (Å²) >= 11 is 1.87. The van der Waals surface area contributed by atoms with Crippen molar-refractivity contribution in [3.05, 3.63) is 34.3 Å². The quantitative estimate of drug-likeness (QED) is 0.605. The Morgan fingerprint density at radius 2 is 2.21 bits per heavy atom. The van der Waals surface area contributed by atoms with Crippen LogP contribution in [0.15, 0.2) is 28.8 Å². The summed E-state index contributed by atoms with van der Waals surface area (Å²) in [6.45, 7) is 5.65. The van der Waals surface area contributed by atoms with Crippen LogP contribution in [0.2, 0.25) is 0 Å². The smallest absolute Gasteiger partial charge is 0.246 e. The average Bonchev–Trinajstić information content (AvgIpc) is 3.33. The summed E-state index contributed by atoms with van der Waals surface area (Å²) in [4.78, 5) is 24.8. The number of piperazine rings is 1. The van der Waals surface area contributed by atoms with Crippen molar-refractivity contribution >= 4 is 28.9 Å². The van der Waals surface area contributed by atoms with Gasteiger partial charge in [-0.1, -0.05) is 0 Å². The van der Waals surface area contributed by atoms with E-state index in [1.54, 1.807) is 22.8 Å². The first-order valence-corrected chi connectivity index (χ1v) is 10.5. The van der Waals surface area contributed by atoms with Crippen LogP contribution in [-0.2, 0) is 24.8 Å². The van der Waals surface area contributed by atoms with Crippen LogP contribution >= 0.6 is 11.3 Å². The van der Waals surface area contributed by atoms with E-state index in [0.717, 1.165) is 50.8 Å². The zero-order valence-electron chi connectivity index (χ0n) is 16.5. The third-order valence-corrected chi connectivity index (χ3v) is 6.36. The number of aromatic nitrogens is 2. The molecule has 0 bridgehead atoms. The minimum Gasteiger partial charge on any atom is -0.355 e. The Bertz CT molecular complexity index is 858. The van der Waals surface area contributed by atoms with Gasteiger partial charge in [0.1, 0.15) is 6.54 Å². The predicted octanol–water partition coefficient (Wildman–Crippen LogP) is 0.764. The molecule has 9 heteroatoms.